The Kier molecular flexibility index (Phi) is 9.61. The number of amides is 2. The Hall–Kier alpha value is -2.09. The van der Waals surface area contributed by atoms with Crippen LogP contribution in [0.3, 0.4) is 0 Å². The number of hydrogen-bond donors (Lipinski definition) is 2. The van der Waals surface area contributed by atoms with Crippen LogP contribution in [0.2, 0.25) is 0 Å². The molecule has 0 saturated carbocycles. The summed E-state index contributed by atoms with van der Waals surface area (Å²) in [6.07, 6.45) is 1.66. The first-order valence-electron chi connectivity index (χ1n) is 7.94. The molecule has 25 heavy (non-hydrogen) atoms. The van der Waals surface area contributed by atoms with Gasteiger partial charge in [-0.1, -0.05) is 0 Å². The molecule has 0 aliphatic heterocycles. The number of thioether (sulfide) groups is 1. The van der Waals surface area contributed by atoms with E-state index in [0.717, 1.165) is 0 Å². The number of halogens is 1. The second kappa shape index (κ2) is 11.5. The SMILES string of the molecule is COC(=O)CCCCNC(=O)C(C)SCC(=O)Nc1ccc(F)cc1. The standard InChI is InChI=1S/C17H23FN2O4S/c1-12(17(23)19-10-4-3-5-16(22)24-2)25-11-15(21)20-14-8-6-13(18)7-9-14/h6-9,12H,3-5,10-11H2,1-2H3,(H,19,23)(H,20,21). The zero-order chi connectivity index (χ0) is 18.7. The van der Waals surface area contributed by atoms with Gasteiger partial charge in [0.15, 0.2) is 0 Å². The summed E-state index contributed by atoms with van der Waals surface area (Å²) in [4.78, 5) is 34.7. The van der Waals surface area contributed by atoms with Crippen molar-refractivity contribution in [2.45, 2.75) is 31.4 Å². The number of ether oxygens (including phenoxy) is 1. The predicted octanol–water partition coefficient (Wildman–Crippen LogP) is 2.35. The molecule has 0 spiro atoms. The lowest BCUT2D eigenvalue weighted by molar-refractivity contribution is -0.140. The molecule has 0 aliphatic carbocycles. The van der Waals surface area contributed by atoms with Crippen LogP contribution in [0.1, 0.15) is 26.2 Å². The number of carbonyl (C=O) groups is 3. The molecule has 2 amide bonds. The highest BCUT2D eigenvalue weighted by Crippen LogP contribution is 2.13. The Balaban J connectivity index is 2.18. The first kappa shape index (κ1) is 21.0. The van der Waals surface area contributed by atoms with Crippen molar-refractivity contribution in [3.8, 4) is 0 Å². The monoisotopic (exact) mass is 370 g/mol. The van der Waals surface area contributed by atoms with Crippen molar-refractivity contribution in [1.29, 1.82) is 0 Å². The molecule has 1 unspecified atom stereocenters. The van der Waals surface area contributed by atoms with Crippen LogP contribution in [0.4, 0.5) is 10.1 Å². The highest BCUT2D eigenvalue weighted by atomic mass is 32.2. The average Bonchev–Trinajstić information content (AvgIpc) is 2.60. The lowest BCUT2D eigenvalue weighted by atomic mass is 10.2. The van der Waals surface area contributed by atoms with Gasteiger partial charge in [-0.3, -0.25) is 14.4 Å². The smallest absolute Gasteiger partial charge is 0.305 e. The normalized spacial score (nSPS) is 11.5. The van der Waals surface area contributed by atoms with E-state index in [1.54, 1.807) is 6.92 Å². The minimum Gasteiger partial charge on any atom is -0.469 e. The van der Waals surface area contributed by atoms with Gasteiger partial charge in [0.1, 0.15) is 5.82 Å². The number of hydrogen-bond acceptors (Lipinski definition) is 5. The number of nitrogens with one attached hydrogen (secondary N) is 2. The number of methoxy groups -OCH3 is 1. The van der Waals surface area contributed by atoms with E-state index in [-0.39, 0.29) is 34.6 Å². The Morgan fingerprint density at radius 3 is 2.52 bits per heavy atom. The Morgan fingerprint density at radius 1 is 1.20 bits per heavy atom. The molecule has 0 radical (unpaired) electrons. The highest BCUT2D eigenvalue weighted by Gasteiger charge is 2.15. The van der Waals surface area contributed by atoms with Crippen molar-refractivity contribution >= 4 is 35.2 Å². The quantitative estimate of drug-likeness (QED) is 0.488. The van der Waals surface area contributed by atoms with Gasteiger partial charge in [-0.25, -0.2) is 4.39 Å². The summed E-state index contributed by atoms with van der Waals surface area (Å²) in [5, 5.41) is 5.03. The first-order valence-corrected chi connectivity index (χ1v) is 8.98. The van der Waals surface area contributed by atoms with Crippen molar-refractivity contribution < 1.29 is 23.5 Å². The van der Waals surface area contributed by atoms with Crippen LogP contribution in [0.5, 0.6) is 0 Å². The minimum atomic E-state index is -0.375. The summed E-state index contributed by atoms with van der Waals surface area (Å²) in [6, 6.07) is 5.47. The zero-order valence-corrected chi connectivity index (χ0v) is 15.2. The van der Waals surface area contributed by atoms with Crippen LogP contribution >= 0.6 is 11.8 Å². The van der Waals surface area contributed by atoms with E-state index >= 15 is 0 Å². The molecule has 1 aromatic rings. The number of rotatable bonds is 10. The van der Waals surface area contributed by atoms with Gasteiger partial charge >= 0.3 is 5.97 Å². The fraction of sp³-hybridized carbons (Fsp3) is 0.471. The van der Waals surface area contributed by atoms with Crippen molar-refractivity contribution in [3.05, 3.63) is 30.1 Å². The van der Waals surface area contributed by atoms with Crippen molar-refractivity contribution in [2.24, 2.45) is 0 Å². The third kappa shape index (κ3) is 9.09. The molecular weight excluding hydrogens is 347 g/mol. The minimum absolute atomic E-state index is 0.119. The second-order valence-corrected chi connectivity index (χ2v) is 6.66. The molecule has 2 N–H and O–H groups in total. The van der Waals surface area contributed by atoms with Crippen LogP contribution in [0.15, 0.2) is 24.3 Å². The van der Waals surface area contributed by atoms with Gasteiger partial charge in [0.2, 0.25) is 11.8 Å². The molecule has 0 aliphatic rings. The Morgan fingerprint density at radius 2 is 1.88 bits per heavy atom. The molecule has 0 saturated heterocycles. The maximum absolute atomic E-state index is 12.8. The average molecular weight is 370 g/mol. The lowest BCUT2D eigenvalue weighted by Crippen LogP contribution is -2.32. The fourth-order valence-electron chi connectivity index (χ4n) is 1.86. The molecule has 1 atom stereocenters. The Labute approximate surface area is 150 Å². The van der Waals surface area contributed by atoms with E-state index in [9.17, 15) is 18.8 Å². The second-order valence-electron chi connectivity index (χ2n) is 5.33. The number of benzene rings is 1. The summed E-state index contributed by atoms with van der Waals surface area (Å²) >= 11 is 1.22. The van der Waals surface area contributed by atoms with Crippen molar-refractivity contribution in [1.82, 2.24) is 5.32 Å². The van der Waals surface area contributed by atoms with Gasteiger partial charge in [0.05, 0.1) is 18.1 Å². The molecule has 0 fully saturated rings. The van der Waals surface area contributed by atoms with E-state index < -0.39 is 0 Å². The maximum Gasteiger partial charge on any atom is 0.305 e. The highest BCUT2D eigenvalue weighted by molar-refractivity contribution is 8.01. The third-order valence-electron chi connectivity index (χ3n) is 3.30. The predicted molar refractivity (Wildman–Crippen MR) is 95.8 cm³/mol. The van der Waals surface area contributed by atoms with Gasteiger partial charge < -0.3 is 15.4 Å². The molecule has 8 heteroatoms. The summed E-state index contributed by atoms with van der Waals surface area (Å²) < 4.78 is 17.3. The van der Waals surface area contributed by atoms with Crippen LogP contribution in [-0.4, -0.2) is 42.4 Å². The van der Waals surface area contributed by atoms with Crippen molar-refractivity contribution in [2.75, 3.05) is 24.7 Å². The first-order chi connectivity index (χ1) is 11.9. The summed E-state index contributed by atoms with van der Waals surface area (Å²) in [5.74, 6) is -0.924. The topological polar surface area (TPSA) is 84.5 Å². The van der Waals surface area contributed by atoms with Gasteiger partial charge in [-0.05, 0) is 44.0 Å². The maximum atomic E-state index is 12.8. The molecular formula is C17H23FN2O4S. The number of carbonyl (C=O) groups excluding carboxylic acids is 3. The molecule has 138 valence electrons. The number of anilines is 1. The Bertz CT molecular complexity index is 581. The van der Waals surface area contributed by atoms with E-state index in [0.29, 0.717) is 31.5 Å². The van der Waals surface area contributed by atoms with Crippen LogP contribution < -0.4 is 10.6 Å². The third-order valence-corrected chi connectivity index (χ3v) is 4.44. The summed E-state index contributed by atoms with van der Waals surface area (Å²) in [6.45, 7) is 2.20. The van der Waals surface area contributed by atoms with E-state index in [4.69, 9.17) is 0 Å². The molecule has 1 aromatic carbocycles. The lowest BCUT2D eigenvalue weighted by Gasteiger charge is -2.12. The largest absolute Gasteiger partial charge is 0.469 e. The molecule has 0 bridgehead atoms. The van der Waals surface area contributed by atoms with Gasteiger partial charge in [0, 0.05) is 18.7 Å². The molecule has 0 heterocycles. The van der Waals surface area contributed by atoms with E-state index in [2.05, 4.69) is 15.4 Å². The van der Waals surface area contributed by atoms with Gasteiger partial charge in [-0.2, -0.15) is 0 Å². The van der Waals surface area contributed by atoms with Crippen molar-refractivity contribution in [3.63, 3.8) is 0 Å². The fourth-order valence-corrected chi connectivity index (χ4v) is 2.57. The number of esters is 1. The molecule has 1 rings (SSSR count). The summed E-state index contributed by atoms with van der Waals surface area (Å²) in [5.41, 5.74) is 0.509. The van der Waals surface area contributed by atoms with Crippen LogP contribution in [0.25, 0.3) is 0 Å². The molecule has 0 aromatic heterocycles. The van der Waals surface area contributed by atoms with E-state index in [1.165, 1.54) is 43.1 Å². The van der Waals surface area contributed by atoms with Crippen LogP contribution in [0, 0.1) is 5.82 Å². The van der Waals surface area contributed by atoms with Gasteiger partial charge in [-0.15, -0.1) is 11.8 Å². The number of unbranched alkanes of at least 4 members (excludes halogenated alkanes) is 1. The molecule has 6 nitrogen and oxygen atoms in total. The summed E-state index contributed by atoms with van der Waals surface area (Å²) in [7, 11) is 1.34. The van der Waals surface area contributed by atoms with Crippen LogP contribution in [-0.2, 0) is 19.1 Å². The zero-order valence-electron chi connectivity index (χ0n) is 14.3. The van der Waals surface area contributed by atoms with E-state index in [1.807, 2.05) is 0 Å². The van der Waals surface area contributed by atoms with Gasteiger partial charge in [0.25, 0.3) is 0 Å².